The fraction of sp³-hybridized carbons (Fsp3) is 0.400. The number of aliphatic imine (C=N–C) groups is 1. The van der Waals surface area contributed by atoms with E-state index in [-0.39, 0.29) is 6.04 Å². The van der Waals surface area contributed by atoms with Crippen LogP contribution in [-0.4, -0.2) is 27.3 Å². The topological polar surface area (TPSA) is 67.1 Å². The molecule has 1 aromatic carbocycles. The van der Waals surface area contributed by atoms with Gasteiger partial charge >= 0.3 is 0 Å². The highest BCUT2D eigenvalue weighted by Crippen LogP contribution is 2.25. The third-order valence-electron chi connectivity index (χ3n) is 3.31. The zero-order valence-corrected chi connectivity index (χ0v) is 14.9. The molecule has 0 amide bonds. The van der Waals surface area contributed by atoms with Crippen molar-refractivity contribution in [1.29, 1.82) is 0 Å². The highest BCUT2D eigenvalue weighted by Gasteiger charge is 2.12. The van der Waals surface area contributed by atoms with Crippen molar-refractivity contribution in [2.24, 2.45) is 12.0 Å². The Hall–Kier alpha value is -1.79. The van der Waals surface area contributed by atoms with Crippen LogP contribution in [-0.2, 0) is 13.6 Å². The Morgan fingerprint density at radius 3 is 2.78 bits per heavy atom. The van der Waals surface area contributed by atoms with Gasteiger partial charge in [0.05, 0.1) is 6.04 Å². The quantitative estimate of drug-likeness (QED) is 0.639. The lowest BCUT2D eigenvalue weighted by Crippen LogP contribution is -2.38. The number of hydrogen-bond acceptors (Lipinski definition) is 3. The van der Waals surface area contributed by atoms with Gasteiger partial charge in [0.2, 0.25) is 0 Å². The Balaban J connectivity index is 2.10. The van der Waals surface area contributed by atoms with E-state index in [0.717, 1.165) is 17.9 Å². The number of halogens is 2. The standard InChI is InChI=1S/C15H20Cl2N6/c1-4-18-15(19-8-14-20-9-21-23(14)3)22-10(2)12-6-5-11(16)7-13(12)17/h5-7,9-10H,4,8H2,1-3H3,(H2,18,19,22). The van der Waals surface area contributed by atoms with E-state index in [0.29, 0.717) is 22.5 Å². The molecule has 0 aliphatic carbocycles. The summed E-state index contributed by atoms with van der Waals surface area (Å²) in [5, 5.41) is 11.8. The molecule has 1 heterocycles. The van der Waals surface area contributed by atoms with E-state index in [9.17, 15) is 0 Å². The zero-order valence-electron chi connectivity index (χ0n) is 13.3. The van der Waals surface area contributed by atoms with Crippen molar-refractivity contribution in [3.05, 3.63) is 46.0 Å². The fourth-order valence-corrected chi connectivity index (χ4v) is 2.64. The lowest BCUT2D eigenvalue weighted by Gasteiger charge is -2.19. The second-order valence-electron chi connectivity index (χ2n) is 5.03. The molecule has 0 aliphatic rings. The summed E-state index contributed by atoms with van der Waals surface area (Å²) < 4.78 is 1.70. The van der Waals surface area contributed by atoms with E-state index >= 15 is 0 Å². The highest BCUT2D eigenvalue weighted by atomic mass is 35.5. The molecule has 2 N–H and O–H groups in total. The summed E-state index contributed by atoms with van der Waals surface area (Å²) in [6.07, 6.45) is 1.52. The minimum atomic E-state index is -0.0166. The Morgan fingerprint density at radius 1 is 1.39 bits per heavy atom. The predicted molar refractivity (Wildman–Crippen MR) is 93.8 cm³/mol. The molecule has 6 nitrogen and oxygen atoms in total. The van der Waals surface area contributed by atoms with Crippen LogP contribution in [0.3, 0.4) is 0 Å². The van der Waals surface area contributed by atoms with E-state index in [2.05, 4.69) is 25.7 Å². The Morgan fingerprint density at radius 2 is 2.17 bits per heavy atom. The molecule has 0 spiro atoms. The second-order valence-corrected chi connectivity index (χ2v) is 5.87. The molecule has 0 fully saturated rings. The van der Waals surface area contributed by atoms with Crippen LogP contribution in [0, 0.1) is 0 Å². The minimum absolute atomic E-state index is 0.0166. The van der Waals surface area contributed by atoms with Crippen molar-refractivity contribution in [2.75, 3.05) is 6.54 Å². The molecule has 0 bridgehead atoms. The van der Waals surface area contributed by atoms with Crippen LogP contribution in [0.4, 0.5) is 0 Å². The van der Waals surface area contributed by atoms with Crippen LogP contribution in [0.25, 0.3) is 0 Å². The first-order valence-electron chi connectivity index (χ1n) is 7.34. The predicted octanol–water partition coefficient (Wildman–Crippen LogP) is 2.94. The summed E-state index contributed by atoms with van der Waals surface area (Å²) in [7, 11) is 1.84. The van der Waals surface area contributed by atoms with Gasteiger partial charge in [0, 0.05) is 23.6 Å². The molecule has 0 saturated carbocycles. The van der Waals surface area contributed by atoms with Crippen molar-refractivity contribution < 1.29 is 0 Å². The molecule has 23 heavy (non-hydrogen) atoms. The van der Waals surface area contributed by atoms with Crippen molar-refractivity contribution in [2.45, 2.75) is 26.4 Å². The smallest absolute Gasteiger partial charge is 0.192 e. The molecular formula is C15H20Cl2N6. The van der Waals surface area contributed by atoms with Gasteiger partial charge in [-0.3, -0.25) is 4.68 Å². The fourth-order valence-electron chi connectivity index (χ4n) is 2.07. The minimum Gasteiger partial charge on any atom is -0.357 e. The first-order valence-corrected chi connectivity index (χ1v) is 8.09. The van der Waals surface area contributed by atoms with Gasteiger partial charge in [0.15, 0.2) is 5.96 Å². The normalized spacial score (nSPS) is 13.0. The molecule has 0 radical (unpaired) electrons. The Kier molecular flexibility index (Phi) is 6.24. The number of guanidine groups is 1. The van der Waals surface area contributed by atoms with Crippen molar-refractivity contribution in [3.8, 4) is 0 Å². The maximum atomic E-state index is 6.26. The number of benzene rings is 1. The molecule has 2 rings (SSSR count). The third kappa shape index (κ3) is 4.84. The monoisotopic (exact) mass is 354 g/mol. The summed E-state index contributed by atoms with van der Waals surface area (Å²) in [4.78, 5) is 8.69. The summed E-state index contributed by atoms with van der Waals surface area (Å²) in [6, 6.07) is 5.46. The van der Waals surface area contributed by atoms with E-state index in [1.54, 1.807) is 10.7 Å². The number of aryl methyl sites for hydroxylation is 1. The van der Waals surface area contributed by atoms with Gasteiger partial charge in [0.25, 0.3) is 0 Å². The first-order chi connectivity index (χ1) is 11.0. The van der Waals surface area contributed by atoms with E-state index < -0.39 is 0 Å². The van der Waals surface area contributed by atoms with Gasteiger partial charge in [-0.05, 0) is 31.5 Å². The maximum Gasteiger partial charge on any atom is 0.192 e. The molecule has 0 saturated heterocycles. The van der Waals surface area contributed by atoms with Crippen LogP contribution < -0.4 is 10.6 Å². The van der Waals surface area contributed by atoms with Crippen LogP contribution in [0.1, 0.15) is 31.3 Å². The van der Waals surface area contributed by atoms with Crippen molar-refractivity contribution in [3.63, 3.8) is 0 Å². The van der Waals surface area contributed by atoms with Gasteiger partial charge in [-0.2, -0.15) is 5.10 Å². The summed E-state index contributed by atoms with van der Waals surface area (Å²) in [6.45, 7) is 5.22. The molecule has 8 heteroatoms. The molecule has 1 atom stereocenters. The van der Waals surface area contributed by atoms with Crippen LogP contribution in [0.15, 0.2) is 29.5 Å². The molecule has 2 aromatic rings. The van der Waals surface area contributed by atoms with Crippen molar-refractivity contribution >= 4 is 29.2 Å². The van der Waals surface area contributed by atoms with Crippen LogP contribution >= 0.6 is 23.2 Å². The number of hydrogen-bond donors (Lipinski definition) is 2. The van der Waals surface area contributed by atoms with Gasteiger partial charge in [-0.25, -0.2) is 9.98 Å². The summed E-state index contributed by atoms with van der Waals surface area (Å²) in [5.74, 6) is 1.48. The van der Waals surface area contributed by atoms with Gasteiger partial charge in [0.1, 0.15) is 18.7 Å². The lowest BCUT2D eigenvalue weighted by molar-refractivity contribution is 0.672. The third-order valence-corrected chi connectivity index (χ3v) is 3.87. The first kappa shape index (κ1) is 17.6. The average molecular weight is 355 g/mol. The second kappa shape index (κ2) is 8.17. The number of nitrogens with one attached hydrogen (secondary N) is 2. The molecule has 1 unspecified atom stereocenters. The highest BCUT2D eigenvalue weighted by molar-refractivity contribution is 6.35. The zero-order chi connectivity index (χ0) is 16.8. The van der Waals surface area contributed by atoms with Crippen LogP contribution in [0.5, 0.6) is 0 Å². The van der Waals surface area contributed by atoms with E-state index in [4.69, 9.17) is 23.2 Å². The van der Waals surface area contributed by atoms with Crippen molar-refractivity contribution in [1.82, 2.24) is 25.4 Å². The number of rotatable bonds is 5. The number of nitrogens with zero attached hydrogens (tertiary/aromatic N) is 4. The Labute approximate surface area is 145 Å². The van der Waals surface area contributed by atoms with Gasteiger partial charge in [-0.1, -0.05) is 29.3 Å². The molecular weight excluding hydrogens is 335 g/mol. The largest absolute Gasteiger partial charge is 0.357 e. The average Bonchev–Trinajstić information content (AvgIpc) is 2.90. The lowest BCUT2D eigenvalue weighted by atomic mass is 10.1. The molecule has 0 aliphatic heterocycles. The van der Waals surface area contributed by atoms with Crippen LogP contribution in [0.2, 0.25) is 10.0 Å². The molecule has 124 valence electrons. The van der Waals surface area contributed by atoms with Gasteiger partial charge < -0.3 is 10.6 Å². The number of aromatic nitrogens is 3. The van der Waals surface area contributed by atoms with E-state index in [1.165, 1.54) is 6.33 Å². The SMILES string of the molecule is CCNC(=NCc1ncnn1C)NC(C)c1ccc(Cl)cc1Cl. The summed E-state index contributed by atoms with van der Waals surface area (Å²) in [5.41, 5.74) is 0.959. The van der Waals surface area contributed by atoms with Gasteiger partial charge in [-0.15, -0.1) is 0 Å². The summed E-state index contributed by atoms with van der Waals surface area (Å²) >= 11 is 12.2. The molecule has 1 aromatic heterocycles. The Bertz CT molecular complexity index is 682. The maximum absolute atomic E-state index is 6.26. The van der Waals surface area contributed by atoms with E-state index in [1.807, 2.05) is 33.0 Å².